The van der Waals surface area contributed by atoms with Gasteiger partial charge in [0.25, 0.3) is 0 Å². The van der Waals surface area contributed by atoms with E-state index in [4.69, 9.17) is 0 Å². The molecule has 6 rings (SSSR count). The zero-order valence-corrected chi connectivity index (χ0v) is 27.5. The van der Waals surface area contributed by atoms with E-state index in [-0.39, 0.29) is 25.9 Å². The van der Waals surface area contributed by atoms with Crippen molar-refractivity contribution in [2.45, 2.75) is 39.4 Å². The van der Waals surface area contributed by atoms with Crippen LogP contribution in [0.3, 0.4) is 0 Å². The minimum atomic E-state index is -1.23. The van der Waals surface area contributed by atoms with Crippen LogP contribution in [0.5, 0.6) is 0 Å². The van der Waals surface area contributed by atoms with Crippen LogP contribution < -0.4 is 5.19 Å². The van der Waals surface area contributed by atoms with Gasteiger partial charge in [0.1, 0.15) is 0 Å². The fourth-order valence-electron chi connectivity index (χ4n) is 4.41. The smallest absolute Gasteiger partial charge is 0.0795 e. The first kappa shape index (κ1) is 29.9. The number of benzene rings is 3. The average molecular weight is 739 g/mol. The molecule has 0 saturated heterocycles. The first-order valence-electron chi connectivity index (χ1n) is 13.1. The predicted molar refractivity (Wildman–Crippen MR) is 167 cm³/mol. The van der Waals surface area contributed by atoms with E-state index in [0.717, 1.165) is 37.3 Å². The minimum Gasteiger partial charge on any atom is -0.305 e. The van der Waals surface area contributed by atoms with E-state index >= 15 is 0 Å². The van der Waals surface area contributed by atoms with E-state index in [2.05, 4.69) is 73.8 Å². The number of pyridine rings is 2. The Hall–Kier alpha value is -3.02. The van der Waals surface area contributed by atoms with E-state index in [1.165, 1.54) is 16.8 Å². The van der Waals surface area contributed by atoms with Crippen LogP contribution in [0.1, 0.15) is 25.3 Å². The molecule has 0 amide bonds. The normalized spacial score (nSPS) is 11.3. The molecular weight excluding hydrogens is 708 g/mol. The molecule has 0 spiro atoms. The van der Waals surface area contributed by atoms with Crippen LogP contribution in [0, 0.1) is 17.9 Å². The number of hydrogen-bond acceptors (Lipinski definition) is 3. The van der Waals surface area contributed by atoms with Gasteiger partial charge in [0.2, 0.25) is 0 Å². The molecule has 205 valence electrons. The van der Waals surface area contributed by atoms with E-state index in [9.17, 15) is 4.39 Å². The predicted octanol–water partition coefficient (Wildman–Crippen LogP) is 9.27. The van der Waals surface area contributed by atoms with Gasteiger partial charge in [-0.25, -0.2) is 0 Å². The van der Waals surface area contributed by atoms with Crippen molar-refractivity contribution < 1.29 is 24.5 Å². The number of hydrogen-bond donors (Lipinski definition) is 0. The summed E-state index contributed by atoms with van der Waals surface area (Å²) in [5, 5.41) is 3.03. The molecule has 0 fully saturated rings. The van der Waals surface area contributed by atoms with Crippen LogP contribution in [0.4, 0.5) is 4.39 Å². The van der Waals surface area contributed by atoms with Gasteiger partial charge in [0, 0.05) is 43.0 Å². The summed E-state index contributed by atoms with van der Waals surface area (Å²) < 4.78 is 16.4. The Morgan fingerprint density at radius 1 is 0.875 bits per heavy atom. The summed E-state index contributed by atoms with van der Waals surface area (Å²) in [5.74, 6) is 0.205. The Labute approximate surface area is 254 Å². The summed E-state index contributed by atoms with van der Waals surface area (Å²) in [6, 6.07) is 32.0. The van der Waals surface area contributed by atoms with Crippen molar-refractivity contribution >= 4 is 44.8 Å². The molecule has 0 aliphatic heterocycles. The first-order valence-corrected chi connectivity index (χ1v) is 17.5. The fraction of sp³-hybridized carbons (Fsp3) is 0.176. The molecule has 3 aromatic heterocycles. The van der Waals surface area contributed by atoms with Crippen LogP contribution in [0.15, 0.2) is 91.3 Å². The molecule has 6 aromatic rings. The molecule has 0 aliphatic carbocycles. The van der Waals surface area contributed by atoms with Crippen molar-refractivity contribution in [1.82, 2.24) is 9.97 Å². The van der Waals surface area contributed by atoms with Gasteiger partial charge in [-0.05, 0) is 50.1 Å². The van der Waals surface area contributed by atoms with Gasteiger partial charge >= 0.3 is 0 Å². The van der Waals surface area contributed by atoms with Gasteiger partial charge in [-0.2, -0.15) is 11.3 Å². The Bertz CT molecular complexity index is 1730. The summed E-state index contributed by atoms with van der Waals surface area (Å²) in [6.45, 7) is 11.3. The Morgan fingerprint density at radius 3 is 2.33 bits per heavy atom. The van der Waals surface area contributed by atoms with Gasteiger partial charge in [0.15, 0.2) is 0 Å². The zero-order valence-electron chi connectivity index (χ0n) is 23.3. The number of thiophene rings is 1. The third-order valence-corrected chi connectivity index (χ3v) is 9.94. The maximum atomic E-state index is 14.4. The monoisotopic (exact) mass is 739 g/mol. The number of aromatic nitrogens is 2. The number of nitrogens with zero attached hydrogens (tertiary/aromatic N) is 2. The molecule has 0 saturated carbocycles. The maximum Gasteiger partial charge on any atom is 0.0795 e. The molecule has 3 heterocycles. The molecule has 0 N–H and O–H groups in total. The molecular formula is C34H31FIrN2SSi-2. The molecule has 3 aromatic carbocycles. The van der Waals surface area contributed by atoms with Crippen LogP contribution in [0.25, 0.3) is 42.7 Å². The second-order valence-corrected chi connectivity index (χ2v) is 17.0. The van der Waals surface area contributed by atoms with Gasteiger partial charge < -0.3 is 9.97 Å². The van der Waals surface area contributed by atoms with Crippen molar-refractivity contribution in [1.29, 1.82) is 0 Å². The molecule has 40 heavy (non-hydrogen) atoms. The summed E-state index contributed by atoms with van der Waals surface area (Å²) in [7, 11) is -1.23. The maximum absolute atomic E-state index is 14.4. The first-order chi connectivity index (χ1) is 18.7. The fourth-order valence-corrected chi connectivity index (χ4v) is 6.67. The standard InChI is InChI=1S/C20H15FNS.C14H16NSi.Ir/c1-12(2)13-9-10-22-17(11-13)14-7-8-16(21)19-15-5-3-4-6-18(15)23-20(14)19;1-16(2,3)13-9-10-14(15-11-13)12-7-5-4-6-8-12;/h3-6,8-12H,1-2H3;4-7,9-11H,1-3H3;/q2*-1;. The van der Waals surface area contributed by atoms with E-state index < -0.39 is 8.07 Å². The van der Waals surface area contributed by atoms with Crippen LogP contribution in [-0.4, -0.2) is 18.0 Å². The Morgan fingerprint density at radius 2 is 1.65 bits per heavy atom. The third-order valence-electron chi connectivity index (χ3n) is 6.73. The molecule has 0 bridgehead atoms. The second kappa shape index (κ2) is 12.7. The largest absolute Gasteiger partial charge is 0.305 e. The molecule has 2 nitrogen and oxygen atoms in total. The molecule has 0 aliphatic rings. The topological polar surface area (TPSA) is 25.8 Å². The van der Waals surface area contributed by atoms with Crippen LogP contribution in [0.2, 0.25) is 19.6 Å². The summed E-state index contributed by atoms with van der Waals surface area (Å²) in [5.41, 5.74) is 5.02. The zero-order chi connectivity index (χ0) is 27.6. The molecule has 1 radical (unpaired) electrons. The van der Waals surface area contributed by atoms with Crippen molar-refractivity contribution in [3.05, 3.63) is 115 Å². The van der Waals surface area contributed by atoms with E-state index in [1.54, 1.807) is 11.3 Å². The van der Waals surface area contributed by atoms with Gasteiger partial charge in [-0.15, -0.1) is 53.6 Å². The Kier molecular flexibility index (Phi) is 9.47. The molecule has 0 atom stereocenters. The van der Waals surface area contributed by atoms with Crippen LogP contribution >= 0.6 is 11.3 Å². The van der Waals surface area contributed by atoms with Crippen molar-refractivity contribution in [2.24, 2.45) is 0 Å². The SMILES string of the molecule is CC(C)c1ccnc(-c2[c-]cc(F)c3c2sc2ccccc23)c1.C[Si](C)(C)c1ccc(-c2[c-]cccc2)nc1.[Ir]. The van der Waals surface area contributed by atoms with E-state index in [1.807, 2.05) is 67.0 Å². The number of rotatable bonds is 4. The summed E-state index contributed by atoms with van der Waals surface area (Å²) in [4.78, 5) is 9.01. The molecule has 6 heteroatoms. The van der Waals surface area contributed by atoms with Gasteiger partial charge in [0.05, 0.1) is 8.07 Å². The van der Waals surface area contributed by atoms with Crippen molar-refractivity contribution in [3.8, 4) is 22.5 Å². The average Bonchev–Trinajstić information content (AvgIpc) is 3.34. The van der Waals surface area contributed by atoms with E-state index in [0.29, 0.717) is 11.3 Å². The molecule has 0 unspecified atom stereocenters. The summed E-state index contributed by atoms with van der Waals surface area (Å²) in [6.07, 6.45) is 3.84. The van der Waals surface area contributed by atoms with Crippen molar-refractivity contribution in [3.63, 3.8) is 0 Å². The van der Waals surface area contributed by atoms with Gasteiger partial charge in [-0.1, -0.05) is 75.5 Å². The quantitative estimate of drug-likeness (QED) is 0.133. The second-order valence-electron chi connectivity index (χ2n) is 10.9. The number of fused-ring (bicyclic) bond motifs is 3. The third kappa shape index (κ3) is 6.47. The summed E-state index contributed by atoms with van der Waals surface area (Å²) >= 11 is 1.60. The number of halogens is 1. The van der Waals surface area contributed by atoms with Crippen LogP contribution in [-0.2, 0) is 20.1 Å². The minimum absolute atomic E-state index is 0. The van der Waals surface area contributed by atoms with Crippen molar-refractivity contribution in [2.75, 3.05) is 0 Å². The van der Waals surface area contributed by atoms with Gasteiger partial charge in [-0.3, -0.25) is 4.39 Å². The Balaban J connectivity index is 0.000000192.